The Kier molecular flexibility index (Phi) is 5.57. The number of benzene rings is 3. The Morgan fingerprint density at radius 2 is 1.80 bits per heavy atom. The molecule has 0 N–H and O–H groups in total. The third-order valence-electron chi connectivity index (χ3n) is 5.05. The highest BCUT2D eigenvalue weighted by atomic mass is 16.5. The molecule has 1 aliphatic heterocycles. The predicted molar refractivity (Wildman–Crippen MR) is 117 cm³/mol. The van der Waals surface area contributed by atoms with Crippen LogP contribution >= 0.6 is 0 Å². The van der Waals surface area contributed by atoms with Gasteiger partial charge in [0, 0.05) is 11.6 Å². The fraction of sp³-hybridized carbons (Fsp3) is 0.192. The van der Waals surface area contributed by atoms with Crippen molar-refractivity contribution < 1.29 is 19.0 Å². The van der Waals surface area contributed by atoms with Crippen molar-refractivity contribution >= 4 is 11.9 Å². The fourth-order valence-electron chi connectivity index (χ4n) is 3.40. The largest absolute Gasteiger partial charge is 0.493 e. The van der Waals surface area contributed by atoms with Crippen molar-refractivity contribution in [2.75, 3.05) is 6.61 Å². The van der Waals surface area contributed by atoms with E-state index in [1.54, 1.807) is 18.2 Å². The van der Waals surface area contributed by atoms with Crippen LogP contribution in [-0.4, -0.2) is 12.4 Å². The normalized spacial score (nSPS) is 13.8. The second-order valence-corrected chi connectivity index (χ2v) is 7.29. The number of Topliss-reactive ketones (excluding diaryl/α,β-unsaturated/α-hetero) is 1. The molecule has 3 aromatic rings. The first-order valence-corrected chi connectivity index (χ1v) is 10.0. The molecular weight excluding hydrogens is 376 g/mol. The van der Waals surface area contributed by atoms with Crippen LogP contribution in [0.3, 0.4) is 0 Å². The maximum absolute atomic E-state index is 12.8. The van der Waals surface area contributed by atoms with Crippen molar-refractivity contribution in [3.05, 3.63) is 94.2 Å². The smallest absolute Gasteiger partial charge is 0.231 e. The molecule has 0 fully saturated rings. The van der Waals surface area contributed by atoms with E-state index in [0.717, 1.165) is 16.9 Å². The molecule has 3 aromatic carbocycles. The number of fused-ring (bicyclic) bond motifs is 1. The molecule has 0 radical (unpaired) electrons. The summed E-state index contributed by atoms with van der Waals surface area (Å²) in [6.07, 6.45) is 1.73. The first-order chi connectivity index (χ1) is 14.5. The van der Waals surface area contributed by atoms with Crippen molar-refractivity contribution in [3.63, 3.8) is 0 Å². The summed E-state index contributed by atoms with van der Waals surface area (Å²) in [7, 11) is 0. The van der Waals surface area contributed by atoms with E-state index >= 15 is 0 Å². The number of allylic oxidation sites excluding steroid dienone is 1. The van der Waals surface area contributed by atoms with Gasteiger partial charge in [0.05, 0.1) is 12.2 Å². The Bertz CT molecular complexity index is 1130. The van der Waals surface area contributed by atoms with Gasteiger partial charge in [0.1, 0.15) is 23.9 Å². The van der Waals surface area contributed by atoms with Gasteiger partial charge in [-0.15, -0.1) is 0 Å². The number of ketones is 1. The van der Waals surface area contributed by atoms with Crippen molar-refractivity contribution in [1.29, 1.82) is 0 Å². The highest BCUT2D eigenvalue weighted by molar-refractivity contribution is 6.14. The van der Waals surface area contributed by atoms with Crippen LogP contribution < -0.4 is 14.2 Å². The van der Waals surface area contributed by atoms with Gasteiger partial charge in [0.15, 0.2) is 5.76 Å². The van der Waals surface area contributed by atoms with Gasteiger partial charge in [0.2, 0.25) is 5.78 Å². The zero-order valence-electron chi connectivity index (χ0n) is 17.4. The molecule has 0 aliphatic carbocycles. The van der Waals surface area contributed by atoms with Crippen molar-refractivity contribution in [2.24, 2.45) is 0 Å². The molecule has 4 rings (SSSR count). The minimum atomic E-state index is -0.141. The Hall–Kier alpha value is -3.53. The monoisotopic (exact) mass is 400 g/mol. The SMILES string of the molecule is CCOc1ccccc1C=C1Oc2cc(OCc3cc(C)ccc3C)ccc2C1=O. The average molecular weight is 400 g/mol. The summed E-state index contributed by atoms with van der Waals surface area (Å²) >= 11 is 0. The third kappa shape index (κ3) is 4.08. The number of hydrogen-bond donors (Lipinski definition) is 0. The molecule has 1 aliphatic rings. The van der Waals surface area contributed by atoms with E-state index in [1.807, 2.05) is 37.3 Å². The molecular formula is C26H24O4. The van der Waals surface area contributed by atoms with E-state index in [0.29, 0.717) is 30.3 Å². The number of aryl methyl sites for hydroxylation is 2. The summed E-state index contributed by atoms with van der Waals surface area (Å²) in [6, 6.07) is 19.2. The van der Waals surface area contributed by atoms with Gasteiger partial charge in [-0.3, -0.25) is 4.79 Å². The van der Waals surface area contributed by atoms with E-state index in [-0.39, 0.29) is 11.5 Å². The highest BCUT2D eigenvalue weighted by Gasteiger charge is 2.28. The number of carbonyl (C=O) groups excluding carboxylic acids is 1. The summed E-state index contributed by atoms with van der Waals surface area (Å²) in [5.74, 6) is 2.04. The zero-order valence-corrected chi connectivity index (χ0v) is 17.4. The van der Waals surface area contributed by atoms with Gasteiger partial charge in [-0.05, 0) is 56.2 Å². The van der Waals surface area contributed by atoms with Crippen LogP contribution in [0.25, 0.3) is 6.08 Å². The van der Waals surface area contributed by atoms with E-state index in [4.69, 9.17) is 14.2 Å². The van der Waals surface area contributed by atoms with Crippen LogP contribution in [0.2, 0.25) is 0 Å². The molecule has 0 spiro atoms. The van der Waals surface area contributed by atoms with Gasteiger partial charge >= 0.3 is 0 Å². The van der Waals surface area contributed by atoms with Crippen LogP contribution in [0.15, 0.2) is 66.4 Å². The Labute approximate surface area is 176 Å². The maximum Gasteiger partial charge on any atom is 0.231 e. The third-order valence-corrected chi connectivity index (χ3v) is 5.05. The van der Waals surface area contributed by atoms with Gasteiger partial charge in [-0.25, -0.2) is 0 Å². The second-order valence-electron chi connectivity index (χ2n) is 7.29. The first-order valence-electron chi connectivity index (χ1n) is 10.0. The minimum Gasteiger partial charge on any atom is -0.493 e. The molecule has 0 unspecified atom stereocenters. The molecule has 4 heteroatoms. The standard InChI is InChI=1S/C26H24O4/c1-4-28-23-8-6-5-7-19(23)14-25-26(27)22-12-11-21(15-24(22)30-25)29-16-20-13-17(2)9-10-18(20)3/h5-15H,4,16H2,1-3H3. The summed E-state index contributed by atoms with van der Waals surface area (Å²) < 4.78 is 17.5. The Morgan fingerprint density at radius 1 is 0.967 bits per heavy atom. The van der Waals surface area contributed by atoms with Crippen LogP contribution in [0.5, 0.6) is 17.2 Å². The van der Waals surface area contributed by atoms with Crippen LogP contribution in [0.4, 0.5) is 0 Å². The maximum atomic E-state index is 12.8. The molecule has 0 bridgehead atoms. The Balaban J connectivity index is 1.53. The van der Waals surface area contributed by atoms with Crippen LogP contribution in [0.1, 0.15) is 39.5 Å². The van der Waals surface area contributed by atoms with Crippen LogP contribution in [-0.2, 0) is 6.61 Å². The predicted octanol–water partition coefficient (Wildman–Crippen LogP) is 5.90. The van der Waals surface area contributed by atoms with Gasteiger partial charge in [-0.1, -0.05) is 42.0 Å². The molecule has 0 saturated heterocycles. The summed E-state index contributed by atoms with van der Waals surface area (Å²) in [5.41, 5.74) is 4.87. The van der Waals surface area contributed by atoms with Crippen LogP contribution in [0, 0.1) is 13.8 Å². The molecule has 1 heterocycles. The summed E-state index contributed by atoms with van der Waals surface area (Å²) in [6.45, 7) is 7.08. The molecule has 0 aromatic heterocycles. The van der Waals surface area contributed by atoms with Gasteiger partial charge in [0.25, 0.3) is 0 Å². The topological polar surface area (TPSA) is 44.8 Å². The number of carbonyl (C=O) groups is 1. The number of ether oxygens (including phenoxy) is 3. The number of hydrogen-bond acceptors (Lipinski definition) is 4. The minimum absolute atomic E-state index is 0.141. The summed E-state index contributed by atoms with van der Waals surface area (Å²) in [4.78, 5) is 12.8. The zero-order chi connectivity index (χ0) is 21.1. The fourth-order valence-corrected chi connectivity index (χ4v) is 3.40. The number of para-hydroxylation sites is 1. The van der Waals surface area contributed by atoms with E-state index < -0.39 is 0 Å². The van der Waals surface area contributed by atoms with Gasteiger partial charge < -0.3 is 14.2 Å². The molecule has 0 saturated carbocycles. The van der Waals surface area contributed by atoms with E-state index in [9.17, 15) is 4.79 Å². The van der Waals surface area contributed by atoms with E-state index in [1.165, 1.54) is 11.1 Å². The molecule has 152 valence electrons. The van der Waals surface area contributed by atoms with Crippen molar-refractivity contribution in [1.82, 2.24) is 0 Å². The molecule has 4 nitrogen and oxygen atoms in total. The molecule has 30 heavy (non-hydrogen) atoms. The lowest BCUT2D eigenvalue weighted by atomic mass is 10.1. The van der Waals surface area contributed by atoms with Gasteiger partial charge in [-0.2, -0.15) is 0 Å². The highest BCUT2D eigenvalue weighted by Crippen LogP contribution is 2.36. The molecule has 0 amide bonds. The lowest BCUT2D eigenvalue weighted by Crippen LogP contribution is -1.99. The summed E-state index contributed by atoms with van der Waals surface area (Å²) in [5, 5.41) is 0. The van der Waals surface area contributed by atoms with Crippen molar-refractivity contribution in [3.8, 4) is 17.2 Å². The second kappa shape index (κ2) is 8.46. The van der Waals surface area contributed by atoms with E-state index in [2.05, 4.69) is 32.0 Å². The van der Waals surface area contributed by atoms with Crippen molar-refractivity contribution in [2.45, 2.75) is 27.4 Å². The first kappa shape index (κ1) is 19.8. The quantitative estimate of drug-likeness (QED) is 0.484. The number of rotatable bonds is 6. The molecule has 0 atom stereocenters. The lowest BCUT2D eigenvalue weighted by molar-refractivity contribution is 0.101. The Morgan fingerprint density at radius 3 is 2.63 bits per heavy atom. The average Bonchev–Trinajstić information content (AvgIpc) is 3.05. The lowest BCUT2D eigenvalue weighted by Gasteiger charge is -2.10.